The van der Waals surface area contributed by atoms with Gasteiger partial charge in [-0.3, -0.25) is 4.79 Å². The van der Waals surface area contributed by atoms with Gasteiger partial charge in [0, 0.05) is 13.0 Å². The number of carboxylic acids is 1. The molecule has 1 aliphatic rings. The molecule has 0 spiro atoms. The number of hydrogen-bond donors (Lipinski definition) is 2. The van der Waals surface area contributed by atoms with Crippen LogP contribution in [0.15, 0.2) is 22.8 Å². The van der Waals surface area contributed by atoms with E-state index in [1.165, 1.54) is 0 Å². The summed E-state index contributed by atoms with van der Waals surface area (Å²) in [5.74, 6) is 0.239. The molecule has 2 N–H and O–H groups in total. The van der Waals surface area contributed by atoms with Gasteiger partial charge in [-0.2, -0.15) is 0 Å². The largest absolute Gasteiger partial charge is 0.481 e. The summed E-state index contributed by atoms with van der Waals surface area (Å²) in [5.41, 5.74) is 0. The molecule has 82 valence electrons. The lowest BCUT2D eigenvalue weighted by atomic mass is 9.91. The number of hydrogen-bond acceptors (Lipinski definition) is 3. The third-order valence-corrected chi connectivity index (χ3v) is 3.00. The Morgan fingerprint density at radius 1 is 1.60 bits per heavy atom. The Kier molecular flexibility index (Phi) is 3.06. The second-order valence-corrected chi connectivity index (χ2v) is 3.98. The molecule has 4 nitrogen and oxygen atoms in total. The van der Waals surface area contributed by atoms with Gasteiger partial charge in [-0.25, -0.2) is 0 Å². The first kappa shape index (κ1) is 10.2. The van der Waals surface area contributed by atoms with Crippen LogP contribution in [0.3, 0.4) is 0 Å². The molecule has 15 heavy (non-hydrogen) atoms. The van der Waals surface area contributed by atoms with Crippen LogP contribution in [0.2, 0.25) is 0 Å². The van der Waals surface area contributed by atoms with Crippen molar-refractivity contribution in [1.29, 1.82) is 0 Å². The summed E-state index contributed by atoms with van der Waals surface area (Å²) >= 11 is 0. The van der Waals surface area contributed by atoms with Crippen molar-refractivity contribution in [3.05, 3.63) is 24.2 Å². The summed E-state index contributed by atoms with van der Waals surface area (Å²) < 4.78 is 5.22. The Bertz CT molecular complexity index is 321. The minimum absolute atomic E-state index is 0.229. The monoisotopic (exact) mass is 209 g/mol. The third-order valence-electron chi connectivity index (χ3n) is 3.00. The van der Waals surface area contributed by atoms with E-state index in [0.717, 1.165) is 25.1 Å². The van der Waals surface area contributed by atoms with Gasteiger partial charge in [0.25, 0.3) is 0 Å². The first-order chi connectivity index (χ1) is 7.27. The minimum atomic E-state index is -0.690. The zero-order valence-corrected chi connectivity index (χ0v) is 8.48. The normalized spacial score (nSPS) is 25.6. The van der Waals surface area contributed by atoms with Crippen molar-refractivity contribution in [2.75, 3.05) is 13.1 Å². The lowest BCUT2D eigenvalue weighted by molar-refractivity contribution is -0.142. The van der Waals surface area contributed by atoms with Crippen LogP contribution in [0.1, 0.15) is 12.2 Å². The molecule has 1 aromatic heterocycles. The Labute approximate surface area is 88.3 Å². The summed E-state index contributed by atoms with van der Waals surface area (Å²) in [6, 6.07) is 3.79. The Morgan fingerprint density at radius 3 is 3.13 bits per heavy atom. The number of aryl methyl sites for hydroxylation is 1. The van der Waals surface area contributed by atoms with Gasteiger partial charge in [0.05, 0.1) is 12.2 Å². The van der Waals surface area contributed by atoms with Crippen molar-refractivity contribution < 1.29 is 14.3 Å². The average molecular weight is 209 g/mol. The van der Waals surface area contributed by atoms with E-state index in [4.69, 9.17) is 9.52 Å². The highest BCUT2D eigenvalue weighted by Gasteiger charge is 2.32. The van der Waals surface area contributed by atoms with E-state index in [0.29, 0.717) is 6.54 Å². The molecule has 1 saturated heterocycles. The highest BCUT2D eigenvalue weighted by molar-refractivity contribution is 5.71. The Hall–Kier alpha value is -1.29. The lowest BCUT2D eigenvalue weighted by Crippen LogP contribution is -2.22. The highest BCUT2D eigenvalue weighted by atomic mass is 16.4. The Balaban J connectivity index is 1.86. The van der Waals surface area contributed by atoms with E-state index < -0.39 is 5.97 Å². The van der Waals surface area contributed by atoms with Gasteiger partial charge in [0.1, 0.15) is 5.76 Å². The molecule has 0 radical (unpaired) electrons. The van der Waals surface area contributed by atoms with Gasteiger partial charge in [-0.15, -0.1) is 0 Å². The summed E-state index contributed by atoms with van der Waals surface area (Å²) in [6.07, 6.45) is 3.34. The van der Waals surface area contributed by atoms with Gasteiger partial charge in [-0.1, -0.05) is 0 Å². The van der Waals surface area contributed by atoms with Crippen molar-refractivity contribution >= 4 is 5.97 Å². The smallest absolute Gasteiger partial charge is 0.308 e. The molecule has 2 rings (SSSR count). The summed E-state index contributed by atoms with van der Waals surface area (Å²) in [7, 11) is 0. The molecule has 0 aromatic carbocycles. The second kappa shape index (κ2) is 4.49. The van der Waals surface area contributed by atoms with Crippen LogP contribution >= 0.6 is 0 Å². The number of rotatable bonds is 4. The summed E-state index contributed by atoms with van der Waals surface area (Å²) in [5, 5.41) is 12.1. The third kappa shape index (κ3) is 2.39. The molecule has 1 fully saturated rings. The number of carbonyl (C=O) groups is 1. The molecule has 1 aromatic rings. The summed E-state index contributed by atoms with van der Waals surface area (Å²) in [6.45, 7) is 1.40. The first-order valence-corrected chi connectivity index (χ1v) is 5.23. The van der Waals surface area contributed by atoms with E-state index in [1.807, 2.05) is 12.1 Å². The van der Waals surface area contributed by atoms with Gasteiger partial charge in [-0.05, 0) is 31.0 Å². The van der Waals surface area contributed by atoms with Gasteiger partial charge < -0.3 is 14.8 Å². The highest BCUT2D eigenvalue weighted by Crippen LogP contribution is 2.22. The molecule has 0 bridgehead atoms. The zero-order chi connectivity index (χ0) is 10.7. The van der Waals surface area contributed by atoms with Crippen molar-refractivity contribution in [2.24, 2.45) is 11.8 Å². The molecule has 0 amide bonds. The van der Waals surface area contributed by atoms with Crippen LogP contribution in [0.5, 0.6) is 0 Å². The molecule has 4 heteroatoms. The van der Waals surface area contributed by atoms with Crippen LogP contribution in [0.25, 0.3) is 0 Å². The molecule has 0 aliphatic carbocycles. The van der Waals surface area contributed by atoms with Gasteiger partial charge in [0.15, 0.2) is 0 Å². The molecule has 2 unspecified atom stereocenters. The standard InChI is InChI=1S/C11H15NO3/c13-11(14)10-7-12-6-8(10)3-4-9-2-1-5-15-9/h1-2,5,8,10,12H,3-4,6-7H2,(H,13,14). The first-order valence-electron chi connectivity index (χ1n) is 5.23. The molecule has 2 heterocycles. The topological polar surface area (TPSA) is 62.5 Å². The van der Waals surface area contributed by atoms with Gasteiger partial charge >= 0.3 is 5.97 Å². The van der Waals surface area contributed by atoms with Crippen LogP contribution < -0.4 is 5.32 Å². The fraction of sp³-hybridized carbons (Fsp3) is 0.545. The van der Waals surface area contributed by atoms with Crippen molar-refractivity contribution in [2.45, 2.75) is 12.8 Å². The van der Waals surface area contributed by atoms with E-state index >= 15 is 0 Å². The number of carboxylic acid groups (broad SMARTS) is 1. The molecule has 1 aliphatic heterocycles. The fourth-order valence-electron chi connectivity index (χ4n) is 2.11. The fourth-order valence-corrected chi connectivity index (χ4v) is 2.11. The number of furan rings is 1. The van der Waals surface area contributed by atoms with E-state index in [9.17, 15) is 4.79 Å². The van der Waals surface area contributed by atoms with E-state index in [1.54, 1.807) is 6.26 Å². The SMILES string of the molecule is O=C(O)C1CNCC1CCc1ccco1. The second-order valence-electron chi connectivity index (χ2n) is 3.98. The van der Waals surface area contributed by atoms with Crippen LogP contribution in [0.4, 0.5) is 0 Å². The lowest BCUT2D eigenvalue weighted by Gasteiger charge is -2.13. The van der Waals surface area contributed by atoms with Crippen LogP contribution in [0, 0.1) is 11.8 Å². The maximum absolute atomic E-state index is 10.9. The van der Waals surface area contributed by atoms with E-state index in [2.05, 4.69) is 5.32 Å². The van der Waals surface area contributed by atoms with Crippen molar-refractivity contribution in [3.8, 4) is 0 Å². The molecule has 2 atom stereocenters. The average Bonchev–Trinajstić information content (AvgIpc) is 2.86. The number of nitrogens with one attached hydrogen (secondary N) is 1. The quantitative estimate of drug-likeness (QED) is 0.780. The maximum Gasteiger partial charge on any atom is 0.308 e. The van der Waals surface area contributed by atoms with Crippen molar-refractivity contribution in [1.82, 2.24) is 5.32 Å². The zero-order valence-electron chi connectivity index (χ0n) is 8.48. The number of aliphatic carboxylic acids is 1. The predicted octanol–water partition coefficient (Wildman–Crippen LogP) is 1.13. The Morgan fingerprint density at radius 2 is 2.47 bits per heavy atom. The van der Waals surface area contributed by atoms with Gasteiger partial charge in [0.2, 0.25) is 0 Å². The van der Waals surface area contributed by atoms with Crippen molar-refractivity contribution in [3.63, 3.8) is 0 Å². The predicted molar refractivity (Wildman–Crippen MR) is 54.5 cm³/mol. The van der Waals surface area contributed by atoms with Crippen LogP contribution in [-0.4, -0.2) is 24.2 Å². The minimum Gasteiger partial charge on any atom is -0.481 e. The molecule has 0 saturated carbocycles. The molecular formula is C11H15NO3. The maximum atomic E-state index is 10.9. The molecular weight excluding hydrogens is 194 g/mol. The van der Waals surface area contributed by atoms with Crippen LogP contribution in [-0.2, 0) is 11.2 Å². The van der Waals surface area contributed by atoms with E-state index in [-0.39, 0.29) is 11.8 Å². The summed E-state index contributed by atoms with van der Waals surface area (Å²) in [4.78, 5) is 10.9.